The number of nitrogens with zero attached hydrogens (tertiary/aromatic N) is 1. The smallest absolute Gasteiger partial charge is 0.326 e. The van der Waals surface area contributed by atoms with Gasteiger partial charge in [0.2, 0.25) is 0 Å². The lowest BCUT2D eigenvalue weighted by atomic mass is 9.87. The Hall–Kier alpha value is -2.11. The van der Waals surface area contributed by atoms with Crippen LogP contribution in [0.4, 0.5) is 9.18 Å². The average Bonchev–Trinajstić information content (AvgIpc) is 2.33. The van der Waals surface area contributed by atoms with Crippen LogP contribution in [-0.2, 0) is 11.3 Å². The van der Waals surface area contributed by atoms with E-state index in [1.54, 1.807) is 32.9 Å². The average molecular weight is 296 g/mol. The first-order valence-corrected chi connectivity index (χ1v) is 6.60. The lowest BCUT2D eigenvalue weighted by Gasteiger charge is -2.29. The fourth-order valence-corrected chi connectivity index (χ4v) is 1.86. The number of carboxylic acid groups (broad SMARTS) is 1. The number of hydrogen-bond donors (Lipinski definition) is 2. The second-order valence-corrected chi connectivity index (χ2v) is 6.07. The Morgan fingerprint density at radius 1 is 1.38 bits per heavy atom. The van der Waals surface area contributed by atoms with Gasteiger partial charge in [0.15, 0.2) is 0 Å². The number of halogens is 1. The third-order valence-electron chi connectivity index (χ3n) is 3.04. The molecule has 21 heavy (non-hydrogen) atoms. The number of rotatable bonds is 4. The number of carboxylic acids is 1. The highest BCUT2D eigenvalue weighted by molar-refractivity contribution is 5.83. The van der Waals surface area contributed by atoms with Crippen molar-refractivity contribution in [2.75, 3.05) is 7.05 Å². The Labute approximate surface area is 123 Å². The van der Waals surface area contributed by atoms with Gasteiger partial charge in [-0.25, -0.2) is 14.0 Å². The summed E-state index contributed by atoms with van der Waals surface area (Å²) in [4.78, 5) is 24.6. The molecule has 0 radical (unpaired) electrons. The quantitative estimate of drug-likeness (QED) is 0.896. The van der Waals surface area contributed by atoms with Crippen molar-refractivity contribution in [3.8, 4) is 0 Å². The minimum Gasteiger partial charge on any atom is -0.480 e. The molecule has 0 heterocycles. The van der Waals surface area contributed by atoms with Gasteiger partial charge in [-0.15, -0.1) is 0 Å². The van der Waals surface area contributed by atoms with Crippen LogP contribution in [0.15, 0.2) is 24.3 Å². The van der Waals surface area contributed by atoms with Gasteiger partial charge in [0, 0.05) is 13.6 Å². The van der Waals surface area contributed by atoms with Crippen molar-refractivity contribution >= 4 is 12.0 Å². The molecule has 6 heteroatoms. The molecule has 2 amide bonds. The molecule has 1 unspecified atom stereocenters. The second kappa shape index (κ2) is 6.56. The van der Waals surface area contributed by atoms with E-state index in [2.05, 4.69) is 5.32 Å². The van der Waals surface area contributed by atoms with Crippen LogP contribution in [0.25, 0.3) is 0 Å². The molecular weight excluding hydrogens is 275 g/mol. The van der Waals surface area contributed by atoms with Crippen LogP contribution < -0.4 is 5.32 Å². The van der Waals surface area contributed by atoms with E-state index in [-0.39, 0.29) is 12.4 Å². The van der Waals surface area contributed by atoms with Gasteiger partial charge in [-0.1, -0.05) is 32.9 Å². The predicted octanol–water partition coefficient (Wildman–Crippen LogP) is 2.47. The van der Waals surface area contributed by atoms with E-state index in [1.165, 1.54) is 24.1 Å². The minimum atomic E-state index is -1.09. The van der Waals surface area contributed by atoms with E-state index in [4.69, 9.17) is 0 Å². The normalized spacial score (nSPS) is 12.6. The first-order chi connectivity index (χ1) is 9.61. The third-order valence-corrected chi connectivity index (χ3v) is 3.04. The minimum absolute atomic E-state index is 0.195. The summed E-state index contributed by atoms with van der Waals surface area (Å²) in [6.07, 6.45) is 0. The topological polar surface area (TPSA) is 69.6 Å². The van der Waals surface area contributed by atoms with Crippen LogP contribution >= 0.6 is 0 Å². The number of amides is 2. The summed E-state index contributed by atoms with van der Waals surface area (Å²) >= 11 is 0. The summed E-state index contributed by atoms with van der Waals surface area (Å²) in [6, 6.07) is 4.41. The summed E-state index contributed by atoms with van der Waals surface area (Å²) < 4.78 is 13.1. The summed E-state index contributed by atoms with van der Waals surface area (Å²) in [5.41, 5.74) is 0.0246. The molecule has 1 aromatic carbocycles. The molecule has 0 saturated carbocycles. The molecule has 1 aromatic rings. The molecule has 0 fully saturated rings. The van der Waals surface area contributed by atoms with Gasteiger partial charge in [0.25, 0.3) is 0 Å². The zero-order chi connectivity index (χ0) is 16.2. The second-order valence-electron chi connectivity index (χ2n) is 6.07. The van der Waals surface area contributed by atoms with Crippen molar-refractivity contribution in [3.63, 3.8) is 0 Å². The SMILES string of the molecule is CN(Cc1cccc(F)c1)C(=O)NC(C(=O)O)C(C)(C)C. The molecule has 1 atom stereocenters. The molecule has 2 N–H and O–H groups in total. The number of aliphatic carboxylic acids is 1. The molecule has 0 bridgehead atoms. The van der Waals surface area contributed by atoms with E-state index < -0.39 is 23.5 Å². The Morgan fingerprint density at radius 2 is 2.00 bits per heavy atom. The highest BCUT2D eigenvalue weighted by atomic mass is 19.1. The fourth-order valence-electron chi connectivity index (χ4n) is 1.86. The molecule has 0 spiro atoms. The molecule has 5 nitrogen and oxygen atoms in total. The number of carbonyl (C=O) groups excluding carboxylic acids is 1. The zero-order valence-corrected chi connectivity index (χ0v) is 12.7. The van der Waals surface area contributed by atoms with Gasteiger partial charge >= 0.3 is 12.0 Å². The van der Waals surface area contributed by atoms with Crippen LogP contribution in [0.5, 0.6) is 0 Å². The van der Waals surface area contributed by atoms with Crippen molar-refractivity contribution in [1.29, 1.82) is 0 Å². The van der Waals surface area contributed by atoms with E-state index in [0.29, 0.717) is 5.56 Å². The highest BCUT2D eigenvalue weighted by Crippen LogP contribution is 2.19. The number of urea groups is 1. The van der Waals surface area contributed by atoms with E-state index in [1.807, 2.05) is 0 Å². The molecular formula is C15H21FN2O3. The Morgan fingerprint density at radius 3 is 2.48 bits per heavy atom. The van der Waals surface area contributed by atoms with Crippen LogP contribution in [0.3, 0.4) is 0 Å². The fraction of sp³-hybridized carbons (Fsp3) is 0.467. The van der Waals surface area contributed by atoms with Gasteiger partial charge in [0.05, 0.1) is 0 Å². The van der Waals surface area contributed by atoms with Gasteiger partial charge in [-0.05, 0) is 23.1 Å². The monoisotopic (exact) mass is 296 g/mol. The van der Waals surface area contributed by atoms with E-state index >= 15 is 0 Å². The van der Waals surface area contributed by atoms with Gasteiger partial charge in [-0.2, -0.15) is 0 Å². The Balaban J connectivity index is 2.72. The first kappa shape index (κ1) is 16.9. The van der Waals surface area contributed by atoms with Crippen molar-refractivity contribution in [3.05, 3.63) is 35.6 Å². The van der Waals surface area contributed by atoms with E-state index in [9.17, 15) is 19.1 Å². The van der Waals surface area contributed by atoms with Crippen molar-refractivity contribution in [2.45, 2.75) is 33.4 Å². The maximum Gasteiger partial charge on any atom is 0.326 e. The zero-order valence-electron chi connectivity index (χ0n) is 12.7. The maximum absolute atomic E-state index is 13.1. The standard InChI is InChI=1S/C15H21FN2O3/c1-15(2,3)12(13(19)20)17-14(21)18(4)9-10-6-5-7-11(16)8-10/h5-8,12H,9H2,1-4H3,(H,17,21)(H,19,20). The lowest BCUT2D eigenvalue weighted by molar-refractivity contribution is -0.142. The van der Waals surface area contributed by atoms with Crippen LogP contribution in [-0.4, -0.2) is 35.1 Å². The van der Waals surface area contributed by atoms with Gasteiger partial charge < -0.3 is 15.3 Å². The summed E-state index contributed by atoms with van der Waals surface area (Å²) in [5, 5.41) is 11.7. The first-order valence-electron chi connectivity index (χ1n) is 6.60. The predicted molar refractivity (Wildman–Crippen MR) is 77.3 cm³/mol. The molecule has 0 aliphatic heterocycles. The molecule has 0 aliphatic rings. The van der Waals surface area contributed by atoms with Crippen molar-refractivity contribution < 1.29 is 19.1 Å². The number of hydrogen-bond acceptors (Lipinski definition) is 2. The molecule has 0 aromatic heterocycles. The van der Waals surface area contributed by atoms with Crippen LogP contribution in [0, 0.1) is 11.2 Å². The van der Waals surface area contributed by atoms with Crippen molar-refractivity contribution in [1.82, 2.24) is 10.2 Å². The Kier molecular flexibility index (Phi) is 5.29. The van der Waals surface area contributed by atoms with Crippen molar-refractivity contribution in [2.24, 2.45) is 5.41 Å². The number of carbonyl (C=O) groups is 2. The lowest BCUT2D eigenvalue weighted by Crippen LogP contribution is -2.52. The molecule has 116 valence electrons. The maximum atomic E-state index is 13.1. The van der Waals surface area contributed by atoms with Gasteiger partial charge in [-0.3, -0.25) is 0 Å². The summed E-state index contributed by atoms with van der Waals surface area (Å²) in [6.45, 7) is 5.40. The summed E-state index contributed by atoms with van der Waals surface area (Å²) in [5.74, 6) is -1.46. The summed E-state index contributed by atoms with van der Waals surface area (Å²) in [7, 11) is 1.53. The third kappa shape index (κ3) is 5.06. The molecule has 0 aliphatic carbocycles. The number of nitrogens with one attached hydrogen (secondary N) is 1. The number of benzene rings is 1. The van der Waals surface area contributed by atoms with E-state index in [0.717, 1.165) is 0 Å². The molecule has 0 saturated heterocycles. The van der Waals surface area contributed by atoms with Crippen LogP contribution in [0.1, 0.15) is 26.3 Å². The highest BCUT2D eigenvalue weighted by Gasteiger charge is 2.33. The Bertz CT molecular complexity index is 526. The molecule has 1 rings (SSSR count). The largest absolute Gasteiger partial charge is 0.480 e. The van der Waals surface area contributed by atoms with Crippen LogP contribution in [0.2, 0.25) is 0 Å². The van der Waals surface area contributed by atoms with Gasteiger partial charge in [0.1, 0.15) is 11.9 Å².